The van der Waals surface area contributed by atoms with E-state index in [2.05, 4.69) is 0 Å². The molecule has 0 aromatic carbocycles. The van der Waals surface area contributed by atoms with Crippen molar-refractivity contribution >= 4 is 17.8 Å². The summed E-state index contributed by atoms with van der Waals surface area (Å²) in [6.45, 7) is 10.7. The van der Waals surface area contributed by atoms with Gasteiger partial charge in [-0.2, -0.15) is 0 Å². The third-order valence-electron chi connectivity index (χ3n) is 4.34. The second-order valence-electron chi connectivity index (χ2n) is 7.95. The van der Waals surface area contributed by atoms with Crippen LogP contribution in [0.15, 0.2) is 0 Å². The van der Waals surface area contributed by atoms with E-state index in [1.165, 1.54) is 11.9 Å². The zero-order valence-corrected chi connectivity index (χ0v) is 15.1. The molecular formula is C16H30N2O5. The standard InChI is InChI=1S/C16H30N2O5/c1-14(2,3)16(13(22)23,15(4,5)6)18(7)11(19)9-8-10(17)12(20)21/h10H,8-9,17H2,1-7H3,(H,20,21)(H,22,23)/t10-/m0/s1. The van der Waals surface area contributed by atoms with Crippen LogP contribution in [0, 0.1) is 10.8 Å². The minimum Gasteiger partial charge on any atom is -0.480 e. The van der Waals surface area contributed by atoms with Gasteiger partial charge >= 0.3 is 11.9 Å². The third kappa shape index (κ3) is 4.02. The molecule has 1 atom stereocenters. The molecule has 0 aromatic rings. The van der Waals surface area contributed by atoms with Gasteiger partial charge in [0.1, 0.15) is 11.6 Å². The molecule has 7 heteroatoms. The maximum absolute atomic E-state index is 12.5. The van der Waals surface area contributed by atoms with Crippen molar-refractivity contribution in [3.8, 4) is 0 Å². The summed E-state index contributed by atoms with van der Waals surface area (Å²) in [5.41, 5.74) is 2.49. The van der Waals surface area contributed by atoms with Gasteiger partial charge in [-0.15, -0.1) is 0 Å². The van der Waals surface area contributed by atoms with E-state index in [9.17, 15) is 19.5 Å². The number of hydrogen-bond acceptors (Lipinski definition) is 4. The number of rotatable bonds is 6. The molecule has 0 aliphatic rings. The molecule has 1 amide bonds. The van der Waals surface area contributed by atoms with Gasteiger partial charge in [0.2, 0.25) is 5.91 Å². The van der Waals surface area contributed by atoms with Crippen molar-refractivity contribution in [2.45, 2.75) is 66.0 Å². The van der Waals surface area contributed by atoms with Crippen LogP contribution >= 0.6 is 0 Å². The monoisotopic (exact) mass is 330 g/mol. The summed E-state index contributed by atoms with van der Waals surface area (Å²) in [4.78, 5) is 36.7. The van der Waals surface area contributed by atoms with E-state index < -0.39 is 40.3 Å². The SMILES string of the molecule is CN(C(=O)CC[C@H](N)C(=O)O)C(C(=O)O)(C(C)(C)C)C(C)(C)C. The molecule has 134 valence electrons. The van der Waals surface area contributed by atoms with E-state index in [0.717, 1.165) is 0 Å². The van der Waals surface area contributed by atoms with Gasteiger partial charge in [0, 0.05) is 13.5 Å². The lowest BCUT2D eigenvalue weighted by molar-refractivity contribution is -0.179. The predicted molar refractivity (Wildman–Crippen MR) is 86.9 cm³/mol. The van der Waals surface area contributed by atoms with Crippen LogP contribution in [0.2, 0.25) is 0 Å². The Labute approximate surface area is 137 Å². The summed E-state index contributed by atoms with van der Waals surface area (Å²) in [6, 6.07) is -1.14. The highest BCUT2D eigenvalue weighted by atomic mass is 16.4. The first-order valence-electron chi connectivity index (χ1n) is 7.59. The number of amides is 1. The van der Waals surface area contributed by atoms with E-state index in [0.29, 0.717) is 0 Å². The zero-order valence-electron chi connectivity index (χ0n) is 15.1. The molecule has 0 heterocycles. The van der Waals surface area contributed by atoms with Crippen LogP contribution in [-0.2, 0) is 14.4 Å². The van der Waals surface area contributed by atoms with Crippen LogP contribution in [-0.4, -0.2) is 51.6 Å². The van der Waals surface area contributed by atoms with Crippen molar-refractivity contribution in [2.24, 2.45) is 16.6 Å². The number of nitrogens with zero attached hydrogens (tertiary/aromatic N) is 1. The van der Waals surface area contributed by atoms with Crippen molar-refractivity contribution in [2.75, 3.05) is 7.05 Å². The van der Waals surface area contributed by atoms with Gasteiger partial charge in [-0.1, -0.05) is 41.5 Å². The average Bonchev–Trinajstić information content (AvgIpc) is 2.31. The number of nitrogens with two attached hydrogens (primary N) is 1. The highest BCUT2D eigenvalue weighted by Gasteiger charge is 2.60. The molecule has 0 fully saturated rings. The molecule has 0 radical (unpaired) electrons. The van der Waals surface area contributed by atoms with Gasteiger partial charge in [0.25, 0.3) is 0 Å². The van der Waals surface area contributed by atoms with Gasteiger partial charge in [-0.3, -0.25) is 9.59 Å². The van der Waals surface area contributed by atoms with Crippen LogP contribution in [0.25, 0.3) is 0 Å². The fourth-order valence-corrected chi connectivity index (χ4v) is 3.67. The highest BCUT2D eigenvalue weighted by Crippen LogP contribution is 2.48. The largest absolute Gasteiger partial charge is 0.480 e. The molecule has 0 saturated heterocycles. The number of carbonyl (C=O) groups is 3. The number of hydrogen-bond donors (Lipinski definition) is 3. The van der Waals surface area contributed by atoms with E-state index in [1.54, 1.807) is 41.5 Å². The lowest BCUT2D eigenvalue weighted by atomic mass is 9.59. The molecule has 0 aliphatic heterocycles. The van der Waals surface area contributed by atoms with E-state index in [1.807, 2.05) is 0 Å². The van der Waals surface area contributed by atoms with Crippen molar-refractivity contribution in [3.63, 3.8) is 0 Å². The summed E-state index contributed by atoms with van der Waals surface area (Å²) < 4.78 is 0. The normalized spacial score (nSPS) is 14.3. The van der Waals surface area contributed by atoms with Gasteiger partial charge in [-0.05, 0) is 17.3 Å². The van der Waals surface area contributed by atoms with Crippen LogP contribution in [0.5, 0.6) is 0 Å². The summed E-state index contributed by atoms with van der Waals surface area (Å²) in [5, 5.41) is 18.8. The molecule has 0 rings (SSSR count). The fraction of sp³-hybridized carbons (Fsp3) is 0.812. The van der Waals surface area contributed by atoms with Crippen LogP contribution in [0.3, 0.4) is 0 Å². The Kier molecular flexibility index (Phi) is 6.38. The molecule has 0 unspecified atom stereocenters. The first-order valence-corrected chi connectivity index (χ1v) is 7.59. The first kappa shape index (κ1) is 21.4. The highest BCUT2D eigenvalue weighted by molar-refractivity contribution is 5.89. The zero-order chi connectivity index (χ0) is 18.8. The Bertz CT molecular complexity index is 460. The Morgan fingerprint density at radius 3 is 1.65 bits per heavy atom. The van der Waals surface area contributed by atoms with Gasteiger partial charge in [0.15, 0.2) is 0 Å². The molecule has 0 saturated carbocycles. The molecule has 0 aliphatic carbocycles. The third-order valence-corrected chi connectivity index (χ3v) is 4.34. The number of carboxylic acid groups (broad SMARTS) is 2. The molecular weight excluding hydrogens is 300 g/mol. The lowest BCUT2D eigenvalue weighted by Crippen LogP contribution is -2.69. The van der Waals surface area contributed by atoms with Gasteiger partial charge in [-0.25, -0.2) is 4.79 Å². The van der Waals surface area contributed by atoms with Crippen LogP contribution < -0.4 is 5.73 Å². The Morgan fingerprint density at radius 2 is 1.39 bits per heavy atom. The average molecular weight is 330 g/mol. The van der Waals surface area contributed by atoms with Crippen LogP contribution in [0.4, 0.5) is 0 Å². The minimum absolute atomic E-state index is 0.0392. The van der Waals surface area contributed by atoms with Crippen molar-refractivity contribution in [1.82, 2.24) is 4.90 Å². The predicted octanol–water partition coefficient (Wildman–Crippen LogP) is 1.55. The van der Waals surface area contributed by atoms with Crippen molar-refractivity contribution < 1.29 is 24.6 Å². The van der Waals surface area contributed by atoms with Gasteiger partial charge < -0.3 is 20.8 Å². The van der Waals surface area contributed by atoms with E-state index in [-0.39, 0.29) is 12.8 Å². The quantitative estimate of drug-likeness (QED) is 0.679. The number of carboxylic acids is 2. The molecule has 7 nitrogen and oxygen atoms in total. The summed E-state index contributed by atoms with van der Waals surface area (Å²) in [5.74, 6) is -2.71. The van der Waals surface area contributed by atoms with Crippen molar-refractivity contribution in [1.29, 1.82) is 0 Å². The van der Waals surface area contributed by atoms with E-state index >= 15 is 0 Å². The molecule has 0 bridgehead atoms. The number of aliphatic carboxylic acids is 2. The molecule has 4 N–H and O–H groups in total. The Hall–Kier alpha value is -1.63. The van der Waals surface area contributed by atoms with Crippen molar-refractivity contribution in [3.05, 3.63) is 0 Å². The summed E-state index contributed by atoms with van der Waals surface area (Å²) in [6.07, 6.45) is -0.159. The molecule has 23 heavy (non-hydrogen) atoms. The second-order valence-corrected chi connectivity index (χ2v) is 7.95. The second kappa shape index (κ2) is 6.86. The fourth-order valence-electron chi connectivity index (χ4n) is 3.67. The first-order chi connectivity index (χ1) is 10.1. The number of carbonyl (C=O) groups excluding carboxylic acids is 1. The summed E-state index contributed by atoms with van der Waals surface area (Å²) in [7, 11) is 1.46. The maximum Gasteiger partial charge on any atom is 0.330 e. The number of likely N-dealkylation sites (N-methyl/N-ethyl adjacent to an activating group) is 1. The molecule has 0 spiro atoms. The Balaban J connectivity index is 5.72. The van der Waals surface area contributed by atoms with E-state index in [4.69, 9.17) is 10.8 Å². The minimum atomic E-state index is -1.45. The Morgan fingerprint density at radius 1 is 1.00 bits per heavy atom. The van der Waals surface area contributed by atoms with Crippen LogP contribution in [0.1, 0.15) is 54.4 Å². The topological polar surface area (TPSA) is 121 Å². The summed E-state index contributed by atoms with van der Waals surface area (Å²) >= 11 is 0. The maximum atomic E-state index is 12.5. The molecule has 0 aromatic heterocycles. The smallest absolute Gasteiger partial charge is 0.330 e. The lowest BCUT2D eigenvalue weighted by Gasteiger charge is -2.55. The van der Waals surface area contributed by atoms with Gasteiger partial charge in [0.05, 0.1) is 0 Å².